The molecule has 0 saturated heterocycles. The molecule has 0 heterocycles. The third-order valence-corrected chi connectivity index (χ3v) is 6.03. The molecule has 6 nitrogen and oxygen atoms in total. The molecule has 0 aliphatic rings. The molecule has 0 aromatic heterocycles. The van der Waals surface area contributed by atoms with Crippen LogP contribution < -0.4 is 5.32 Å². The average Bonchev–Trinajstić information content (AvgIpc) is 2.68. The molecule has 0 aliphatic heterocycles. The van der Waals surface area contributed by atoms with Crippen molar-refractivity contribution in [2.75, 3.05) is 0 Å². The minimum atomic E-state index is -1.07. The SMILES string of the molecule is Cc1ccc(C[S+]([O-])Cc2ccccc2)cc1C[C@H](NC(=O)OC(C)(C)C)C(=O)OC(C)(C)C. The first-order valence-corrected chi connectivity index (χ1v) is 12.9. The molecule has 186 valence electrons. The summed E-state index contributed by atoms with van der Waals surface area (Å²) in [7, 11) is 0. The van der Waals surface area contributed by atoms with Crippen molar-refractivity contribution in [1.29, 1.82) is 0 Å². The molecule has 0 fully saturated rings. The first-order chi connectivity index (χ1) is 15.7. The highest BCUT2D eigenvalue weighted by atomic mass is 32.2. The average molecular weight is 488 g/mol. The van der Waals surface area contributed by atoms with Crippen molar-refractivity contribution in [3.8, 4) is 0 Å². The fourth-order valence-corrected chi connectivity index (χ4v) is 4.49. The Labute approximate surface area is 206 Å². The van der Waals surface area contributed by atoms with Crippen molar-refractivity contribution < 1.29 is 23.6 Å². The molecule has 2 aromatic rings. The van der Waals surface area contributed by atoms with Crippen LogP contribution in [0.15, 0.2) is 48.5 Å². The molecule has 1 amide bonds. The first-order valence-electron chi connectivity index (χ1n) is 11.4. The van der Waals surface area contributed by atoms with Crippen LogP contribution in [0.5, 0.6) is 0 Å². The van der Waals surface area contributed by atoms with E-state index < -0.39 is 40.5 Å². The van der Waals surface area contributed by atoms with Gasteiger partial charge in [-0.1, -0.05) is 48.5 Å². The molecule has 7 heteroatoms. The Balaban J connectivity index is 2.18. The number of aryl methyl sites for hydroxylation is 1. The van der Waals surface area contributed by atoms with Crippen LogP contribution in [-0.4, -0.2) is 33.9 Å². The molecule has 2 aromatic carbocycles. The van der Waals surface area contributed by atoms with Crippen LogP contribution in [0.25, 0.3) is 0 Å². The Hall–Kier alpha value is -2.51. The maximum atomic E-state index is 12.9. The predicted octanol–water partition coefficient (Wildman–Crippen LogP) is 5.22. The lowest BCUT2D eigenvalue weighted by atomic mass is 9.98. The van der Waals surface area contributed by atoms with Crippen molar-refractivity contribution in [1.82, 2.24) is 5.32 Å². The van der Waals surface area contributed by atoms with Gasteiger partial charge in [-0.25, -0.2) is 9.59 Å². The summed E-state index contributed by atoms with van der Waals surface area (Å²) in [6.07, 6.45) is -0.444. The summed E-state index contributed by atoms with van der Waals surface area (Å²) in [4.78, 5) is 25.3. The Morgan fingerprint density at radius 2 is 1.50 bits per heavy atom. The number of carbonyl (C=O) groups is 2. The molecular weight excluding hydrogens is 450 g/mol. The van der Waals surface area contributed by atoms with Crippen LogP contribution in [0.3, 0.4) is 0 Å². The minimum absolute atomic E-state index is 0.235. The molecular formula is C27H37NO5S. The Kier molecular flexibility index (Phi) is 9.59. The van der Waals surface area contributed by atoms with E-state index in [2.05, 4.69) is 5.32 Å². The van der Waals surface area contributed by atoms with E-state index in [0.29, 0.717) is 11.5 Å². The normalized spacial score (nSPS) is 13.6. The van der Waals surface area contributed by atoms with Gasteiger partial charge in [-0.05, 0) is 70.8 Å². The molecule has 0 saturated carbocycles. The minimum Gasteiger partial charge on any atom is -0.616 e. The Bertz CT molecular complexity index is 963. The quantitative estimate of drug-likeness (QED) is 0.407. The molecule has 34 heavy (non-hydrogen) atoms. The number of hydrogen-bond donors (Lipinski definition) is 1. The number of ether oxygens (including phenoxy) is 2. The second-order valence-electron chi connectivity index (χ2n) is 10.4. The number of nitrogens with one attached hydrogen (secondary N) is 1. The highest BCUT2D eigenvalue weighted by Crippen LogP contribution is 2.19. The lowest BCUT2D eigenvalue weighted by molar-refractivity contribution is -0.157. The standard InChI is InChI=1S/C27H37NO5S/c1-19-13-14-21(18-34(31)17-20-11-9-8-10-12-20)15-22(19)16-23(24(29)32-26(2,3)4)28-25(30)33-27(5,6)7/h8-15,23H,16-18H2,1-7H3,(H,28,30)/t23-,34?/m0/s1. The topological polar surface area (TPSA) is 87.7 Å². The fraction of sp³-hybridized carbons (Fsp3) is 0.481. The van der Waals surface area contributed by atoms with Crippen molar-refractivity contribution in [2.45, 2.75) is 83.6 Å². The van der Waals surface area contributed by atoms with Gasteiger partial charge < -0.3 is 19.3 Å². The van der Waals surface area contributed by atoms with Crippen molar-refractivity contribution in [2.24, 2.45) is 0 Å². The van der Waals surface area contributed by atoms with Gasteiger partial charge in [-0.2, -0.15) is 0 Å². The lowest BCUT2D eigenvalue weighted by Gasteiger charge is -2.26. The van der Waals surface area contributed by atoms with Gasteiger partial charge in [0.15, 0.2) is 0 Å². The highest BCUT2D eigenvalue weighted by molar-refractivity contribution is 7.89. The summed E-state index contributed by atoms with van der Waals surface area (Å²) < 4.78 is 23.6. The first kappa shape index (κ1) is 27.7. The van der Waals surface area contributed by atoms with Gasteiger partial charge >= 0.3 is 12.1 Å². The summed E-state index contributed by atoms with van der Waals surface area (Å²) in [5.74, 6) is 0.347. The van der Waals surface area contributed by atoms with Gasteiger partial charge in [-0.15, -0.1) is 0 Å². The number of alkyl carbamates (subject to hydrolysis) is 1. The van der Waals surface area contributed by atoms with Crippen LogP contribution in [0.2, 0.25) is 0 Å². The van der Waals surface area contributed by atoms with E-state index in [0.717, 1.165) is 22.3 Å². The van der Waals surface area contributed by atoms with Crippen LogP contribution in [0.1, 0.15) is 63.8 Å². The monoisotopic (exact) mass is 487 g/mol. The van der Waals surface area contributed by atoms with Crippen molar-refractivity contribution in [3.63, 3.8) is 0 Å². The summed E-state index contributed by atoms with van der Waals surface area (Å²) in [5, 5.41) is 2.67. The largest absolute Gasteiger partial charge is 0.616 e. The van der Waals surface area contributed by atoms with Gasteiger partial charge in [0.1, 0.15) is 28.7 Å². The van der Waals surface area contributed by atoms with E-state index in [1.807, 2.05) is 55.5 Å². The van der Waals surface area contributed by atoms with E-state index in [-0.39, 0.29) is 6.42 Å². The summed E-state index contributed by atoms with van der Waals surface area (Å²) in [6.45, 7) is 12.6. The molecule has 1 unspecified atom stereocenters. The maximum Gasteiger partial charge on any atom is 0.408 e. The molecule has 0 spiro atoms. The molecule has 0 aliphatic carbocycles. The van der Waals surface area contributed by atoms with Crippen LogP contribution in [-0.2, 0) is 43.4 Å². The summed E-state index contributed by atoms with van der Waals surface area (Å²) >= 11 is -1.07. The highest BCUT2D eigenvalue weighted by Gasteiger charge is 2.29. The number of hydrogen-bond acceptors (Lipinski definition) is 5. The molecule has 1 N–H and O–H groups in total. The number of rotatable bonds is 8. The van der Waals surface area contributed by atoms with Crippen LogP contribution in [0.4, 0.5) is 4.79 Å². The second-order valence-corrected chi connectivity index (χ2v) is 11.9. The van der Waals surface area contributed by atoms with Gasteiger partial charge in [0.05, 0.1) is 0 Å². The van der Waals surface area contributed by atoms with Crippen molar-refractivity contribution in [3.05, 3.63) is 70.8 Å². The number of amides is 1. The fourth-order valence-electron chi connectivity index (χ4n) is 3.27. The molecule has 2 atom stereocenters. The van der Waals surface area contributed by atoms with Crippen LogP contribution in [0, 0.1) is 6.92 Å². The summed E-state index contributed by atoms with van der Waals surface area (Å²) in [5.41, 5.74) is 2.39. The van der Waals surface area contributed by atoms with Gasteiger partial charge in [0, 0.05) is 17.5 Å². The second kappa shape index (κ2) is 11.8. The van der Waals surface area contributed by atoms with E-state index in [9.17, 15) is 14.1 Å². The van der Waals surface area contributed by atoms with E-state index in [1.54, 1.807) is 41.5 Å². The zero-order chi connectivity index (χ0) is 25.5. The number of esters is 1. The Morgan fingerprint density at radius 3 is 2.09 bits per heavy atom. The lowest BCUT2D eigenvalue weighted by Crippen LogP contribution is -2.47. The van der Waals surface area contributed by atoms with Gasteiger partial charge in [0.2, 0.25) is 0 Å². The van der Waals surface area contributed by atoms with Gasteiger partial charge in [-0.3, -0.25) is 0 Å². The zero-order valence-corrected chi connectivity index (χ0v) is 22.1. The summed E-state index contributed by atoms with van der Waals surface area (Å²) in [6, 6.07) is 14.7. The smallest absolute Gasteiger partial charge is 0.408 e. The van der Waals surface area contributed by atoms with Crippen molar-refractivity contribution >= 4 is 23.2 Å². The van der Waals surface area contributed by atoms with Crippen LogP contribution >= 0.6 is 0 Å². The van der Waals surface area contributed by atoms with E-state index >= 15 is 0 Å². The third kappa shape index (κ3) is 10.2. The molecule has 2 rings (SSSR count). The Morgan fingerprint density at radius 1 is 0.912 bits per heavy atom. The third-order valence-electron chi connectivity index (χ3n) is 4.72. The van der Waals surface area contributed by atoms with E-state index in [1.165, 1.54) is 0 Å². The number of benzene rings is 2. The number of carbonyl (C=O) groups excluding carboxylic acids is 2. The van der Waals surface area contributed by atoms with Gasteiger partial charge in [0.25, 0.3) is 0 Å². The predicted molar refractivity (Wildman–Crippen MR) is 136 cm³/mol. The maximum absolute atomic E-state index is 12.9. The molecule has 0 bridgehead atoms. The molecule has 0 radical (unpaired) electrons. The van der Waals surface area contributed by atoms with E-state index in [4.69, 9.17) is 9.47 Å². The zero-order valence-electron chi connectivity index (χ0n) is 21.3.